The van der Waals surface area contributed by atoms with Crippen molar-refractivity contribution in [1.82, 2.24) is 4.72 Å². The Morgan fingerprint density at radius 2 is 1.90 bits per heavy atom. The first kappa shape index (κ1) is 15.1. The first-order valence-electron chi connectivity index (χ1n) is 5.86. The summed E-state index contributed by atoms with van der Waals surface area (Å²) in [6, 6.07) is 10.2. The standard InChI is InChI=1S/C14H10F2N2O2S/c15-12-5-4-11(14(16)7-12)9-18-21(19,20)13-3-1-2-10(6-13)8-17/h1-7,18H,9H2. The van der Waals surface area contributed by atoms with Gasteiger partial charge in [0.2, 0.25) is 10.0 Å². The molecule has 0 aliphatic carbocycles. The van der Waals surface area contributed by atoms with E-state index in [1.54, 1.807) is 0 Å². The van der Waals surface area contributed by atoms with E-state index in [4.69, 9.17) is 5.26 Å². The summed E-state index contributed by atoms with van der Waals surface area (Å²) in [7, 11) is -3.88. The summed E-state index contributed by atoms with van der Waals surface area (Å²) in [5, 5.41) is 8.75. The zero-order valence-electron chi connectivity index (χ0n) is 10.7. The van der Waals surface area contributed by atoms with E-state index in [0.717, 1.165) is 6.07 Å². The topological polar surface area (TPSA) is 70.0 Å². The molecule has 7 heteroatoms. The molecule has 0 spiro atoms. The van der Waals surface area contributed by atoms with Crippen LogP contribution in [0.15, 0.2) is 47.4 Å². The molecular formula is C14H10F2N2O2S. The van der Waals surface area contributed by atoms with Crippen molar-refractivity contribution in [3.63, 3.8) is 0 Å². The molecule has 108 valence electrons. The summed E-state index contributed by atoms with van der Waals surface area (Å²) >= 11 is 0. The molecule has 0 amide bonds. The molecule has 0 heterocycles. The Morgan fingerprint density at radius 3 is 2.57 bits per heavy atom. The highest BCUT2D eigenvalue weighted by Gasteiger charge is 2.15. The van der Waals surface area contributed by atoms with Gasteiger partial charge >= 0.3 is 0 Å². The van der Waals surface area contributed by atoms with Crippen LogP contribution in [0.2, 0.25) is 0 Å². The lowest BCUT2D eigenvalue weighted by Crippen LogP contribution is -2.23. The van der Waals surface area contributed by atoms with Gasteiger partial charge in [0.15, 0.2) is 0 Å². The minimum atomic E-state index is -3.88. The maximum absolute atomic E-state index is 13.4. The summed E-state index contributed by atoms with van der Waals surface area (Å²) in [5.41, 5.74) is 0.224. The summed E-state index contributed by atoms with van der Waals surface area (Å²) in [5.74, 6) is -1.57. The highest BCUT2D eigenvalue weighted by Crippen LogP contribution is 2.13. The van der Waals surface area contributed by atoms with Gasteiger partial charge in [-0.2, -0.15) is 5.26 Å². The van der Waals surface area contributed by atoms with Crippen molar-refractivity contribution in [2.45, 2.75) is 11.4 Å². The molecular weight excluding hydrogens is 298 g/mol. The van der Waals surface area contributed by atoms with Crippen LogP contribution in [-0.4, -0.2) is 8.42 Å². The van der Waals surface area contributed by atoms with Gasteiger partial charge < -0.3 is 0 Å². The molecule has 0 saturated heterocycles. The van der Waals surface area contributed by atoms with Crippen LogP contribution in [0.1, 0.15) is 11.1 Å². The smallest absolute Gasteiger partial charge is 0.207 e. The zero-order chi connectivity index (χ0) is 15.5. The van der Waals surface area contributed by atoms with Crippen LogP contribution in [0.4, 0.5) is 8.78 Å². The highest BCUT2D eigenvalue weighted by molar-refractivity contribution is 7.89. The average Bonchev–Trinajstić information content (AvgIpc) is 2.46. The van der Waals surface area contributed by atoms with Gasteiger partial charge in [-0.15, -0.1) is 0 Å². The molecule has 21 heavy (non-hydrogen) atoms. The SMILES string of the molecule is N#Cc1cccc(S(=O)(=O)NCc2ccc(F)cc2F)c1. The Morgan fingerprint density at radius 1 is 1.14 bits per heavy atom. The van der Waals surface area contributed by atoms with Crippen molar-refractivity contribution < 1.29 is 17.2 Å². The number of nitrogens with one attached hydrogen (secondary N) is 1. The zero-order valence-corrected chi connectivity index (χ0v) is 11.5. The normalized spacial score (nSPS) is 11.1. The second kappa shape index (κ2) is 5.99. The number of halogens is 2. The molecule has 0 radical (unpaired) electrons. The largest absolute Gasteiger partial charge is 0.240 e. The Balaban J connectivity index is 2.20. The predicted molar refractivity (Wildman–Crippen MR) is 71.5 cm³/mol. The number of sulfonamides is 1. The quantitative estimate of drug-likeness (QED) is 0.942. The number of hydrogen-bond donors (Lipinski definition) is 1. The molecule has 0 bridgehead atoms. The lowest BCUT2D eigenvalue weighted by atomic mass is 10.2. The van der Waals surface area contributed by atoms with Crippen LogP contribution < -0.4 is 4.72 Å². The Kier molecular flexibility index (Phi) is 4.31. The molecule has 1 N–H and O–H groups in total. The van der Waals surface area contributed by atoms with Crippen molar-refractivity contribution in [2.75, 3.05) is 0 Å². The van der Waals surface area contributed by atoms with Crippen LogP contribution >= 0.6 is 0 Å². The molecule has 0 fully saturated rings. The van der Waals surface area contributed by atoms with E-state index in [1.807, 2.05) is 6.07 Å². The Labute approximate surface area is 120 Å². The van der Waals surface area contributed by atoms with Crippen LogP contribution in [-0.2, 0) is 16.6 Å². The van der Waals surface area contributed by atoms with Gasteiger partial charge in [-0.1, -0.05) is 12.1 Å². The number of nitriles is 1. The van der Waals surface area contributed by atoms with Gasteiger partial charge in [0.1, 0.15) is 11.6 Å². The molecule has 0 aliphatic heterocycles. The van der Waals surface area contributed by atoms with Crippen molar-refractivity contribution in [2.24, 2.45) is 0 Å². The number of rotatable bonds is 4. The van der Waals surface area contributed by atoms with E-state index >= 15 is 0 Å². The molecule has 2 aromatic rings. The van der Waals surface area contributed by atoms with Crippen molar-refractivity contribution in [3.8, 4) is 6.07 Å². The van der Waals surface area contributed by atoms with Crippen LogP contribution in [0.5, 0.6) is 0 Å². The summed E-state index contributed by atoms with van der Waals surface area (Å²) in [6.07, 6.45) is 0. The molecule has 0 aromatic heterocycles. The van der Waals surface area contributed by atoms with Crippen molar-refractivity contribution >= 4 is 10.0 Å². The molecule has 0 atom stereocenters. The lowest BCUT2D eigenvalue weighted by Gasteiger charge is -2.08. The number of hydrogen-bond acceptors (Lipinski definition) is 3. The second-order valence-corrected chi connectivity index (χ2v) is 5.97. The molecule has 4 nitrogen and oxygen atoms in total. The monoisotopic (exact) mass is 308 g/mol. The van der Waals surface area contributed by atoms with Gasteiger partial charge in [0.25, 0.3) is 0 Å². The van der Waals surface area contributed by atoms with Crippen LogP contribution in [0.25, 0.3) is 0 Å². The van der Waals surface area contributed by atoms with Crippen molar-refractivity contribution in [3.05, 3.63) is 65.2 Å². The molecule has 0 aliphatic rings. The molecule has 2 aromatic carbocycles. The van der Waals surface area contributed by atoms with E-state index in [1.165, 1.54) is 30.3 Å². The Bertz CT molecular complexity index is 814. The predicted octanol–water partition coefficient (Wildman–Crippen LogP) is 2.31. The highest BCUT2D eigenvalue weighted by atomic mass is 32.2. The maximum Gasteiger partial charge on any atom is 0.240 e. The van der Waals surface area contributed by atoms with Gasteiger partial charge in [-0.25, -0.2) is 21.9 Å². The van der Waals surface area contributed by atoms with Gasteiger partial charge in [0.05, 0.1) is 16.5 Å². The molecule has 2 rings (SSSR count). The van der Waals surface area contributed by atoms with Crippen molar-refractivity contribution in [1.29, 1.82) is 5.26 Å². The Hall–Kier alpha value is -2.30. The summed E-state index contributed by atoms with van der Waals surface area (Å²) in [4.78, 5) is -0.0935. The minimum absolute atomic E-state index is 0.0245. The van der Waals surface area contributed by atoms with Crippen LogP contribution in [0, 0.1) is 23.0 Å². The maximum atomic E-state index is 13.4. The first-order valence-corrected chi connectivity index (χ1v) is 7.34. The van der Waals surface area contributed by atoms with Gasteiger partial charge in [0, 0.05) is 18.2 Å². The number of benzene rings is 2. The summed E-state index contributed by atoms with van der Waals surface area (Å²) in [6.45, 7) is -0.314. The second-order valence-electron chi connectivity index (χ2n) is 4.20. The third-order valence-electron chi connectivity index (χ3n) is 2.74. The molecule has 0 unspecified atom stereocenters. The minimum Gasteiger partial charge on any atom is -0.207 e. The van der Waals surface area contributed by atoms with E-state index in [-0.39, 0.29) is 22.6 Å². The fraction of sp³-hybridized carbons (Fsp3) is 0.0714. The summed E-state index contributed by atoms with van der Waals surface area (Å²) < 4.78 is 52.5. The van der Waals surface area contributed by atoms with E-state index in [2.05, 4.69) is 4.72 Å². The van der Waals surface area contributed by atoms with E-state index < -0.39 is 21.7 Å². The number of nitrogens with zero attached hydrogens (tertiary/aromatic N) is 1. The lowest BCUT2D eigenvalue weighted by molar-refractivity contribution is 0.562. The fourth-order valence-electron chi connectivity index (χ4n) is 1.65. The fourth-order valence-corrected chi connectivity index (χ4v) is 2.71. The average molecular weight is 308 g/mol. The third kappa shape index (κ3) is 3.62. The van der Waals surface area contributed by atoms with E-state index in [0.29, 0.717) is 6.07 Å². The molecule has 0 saturated carbocycles. The van der Waals surface area contributed by atoms with Gasteiger partial charge in [-0.3, -0.25) is 0 Å². The van der Waals surface area contributed by atoms with Crippen LogP contribution in [0.3, 0.4) is 0 Å². The van der Waals surface area contributed by atoms with E-state index in [9.17, 15) is 17.2 Å². The first-order chi connectivity index (χ1) is 9.92. The van der Waals surface area contributed by atoms with Gasteiger partial charge in [-0.05, 0) is 24.3 Å². The third-order valence-corrected chi connectivity index (χ3v) is 4.14.